The molecule has 2 aromatic carbocycles. The number of nitrogens with one attached hydrogen (secondary N) is 2. The van der Waals surface area contributed by atoms with Gasteiger partial charge >= 0.3 is 6.03 Å². The highest BCUT2D eigenvalue weighted by Crippen LogP contribution is 2.26. The molecule has 0 saturated heterocycles. The second-order valence-corrected chi connectivity index (χ2v) is 7.20. The average molecular weight is 381 g/mol. The van der Waals surface area contributed by atoms with Crippen molar-refractivity contribution >= 4 is 17.6 Å². The van der Waals surface area contributed by atoms with Crippen molar-refractivity contribution in [2.24, 2.45) is 0 Å². The number of carbonyl (C=O) groups excluding carboxylic acids is 2. The molecule has 0 atom stereocenters. The molecule has 0 fully saturated rings. The SMILES string of the molecule is CC(=O)Nc1cccc2c1CCN(C(=O)NCCOc1cc(C)cc(C)c1)C2. The first kappa shape index (κ1) is 19.7. The van der Waals surface area contributed by atoms with E-state index < -0.39 is 0 Å². The summed E-state index contributed by atoms with van der Waals surface area (Å²) < 4.78 is 5.74. The Morgan fingerprint density at radius 3 is 2.61 bits per heavy atom. The van der Waals surface area contributed by atoms with Gasteiger partial charge in [0.25, 0.3) is 0 Å². The van der Waals surface area contributed by atoms with Gasteiger partial charge in [0.1, 0.15) is 12.4 Å². The quantitative estimate of drug-likeness (QED) is 0.780. The zero-order chi connectivity index (χ0) is 20.1. The van der Waals surface area contributed by atoms with Gasteiger partial charge in [-0.25, -0.2) is 4.79 Å². The first-order chi connectivity index (χ1) is 13.4. The van der Waals surface area contributed by atoms with E-state index in [0.29, 0.717) is 26.2 Å². The molecule has 0 unspecified atom stereocenters. The Morgan fingerprint density at radius 2 is 1.89 bits per heavy atom. The Kier molecular flexibility index (Phi) is 6.19. The van der Waals surface area contributed by atoms with Crippen LogP contribution in [0.25, 0.3) is 0 Å². The Hall–Kier alpha value is -3.02. The molecule has 28 heavy (non-hydrogen) atoms. The van der Waals surface area contributed by atoms with Gasteiger partial charge < -0.3 is 20.3 Å². The minimum Gasteiger partial charge on any atom is -0.492 e. The number of hydrogen-bond acceptors (Lipinski definition) is 3. The van der Waals surface area contributed by atoms with Gasteiger partial charge in [0.15, 0.2) is 0 Å². The Labute approximate surface area is 165 Å². The van der Waals surface area contributed by atoms with Gasteiger partial charge in [0, 0.05) is 25.7 Å². The molecule has 148 valence electrons. The van der Waals surface area contributed by atoms with E-state index in [1.54, 1.807) is 4.90 Å². The zero-order valence-corrected chi connectivity index (χ0v) is 16.7. The first-order valence-corrected chi connectivity index (χ1v) is 9.54. The van der Waals surface area contributed by atoms with E-state index >= 15 is 0 Å². The van der Waals surface area contributed by atoms with E-state index in [9.17, 15) is 9.59 Å². The number of rotatable bonds is 5. The van der Waals surface area contributed by atoms with Crippen LogP contribution in [0.1, 0.15) is 29.2 Å². The smallest absolute Gasteiger partial charge is 0.317 e. The van der Waals surface area contributed by atoms with Crippen molar-refractivity contribution in [2.75, 3.05) is 25.0 Å². The van der Waals surface area contributed by atoms with Crippen LogP contribution < -0.4 is 15.4 Å². The molecule has 0 saturated carbocycles. The number of carbonyl (C=O) groups is 2. The third kappa shape index (κ3) is 5.03. The summed E-state index contributed by atoms with van der Waals surface area (Å²) in [5.74, 6) is 0.738. The van der Waals surface area contributed by atoms with Gasteiger partial charge in [0.2, 0.25) is 5.91 Å². The fourth-order valence-corrected chi connectivity index (χ4v) is 3.54. The second-order valence-electron chi connectivity index (χ2n) is 7.20. The molecule has 0 bridgehead atoms. The first-order valence-electron chi connectivity index (χ1n) is 9.54. The fourth-order valence-electron chi connectivity index (χ4n) is 3.54. The molecule has 3 rings (SSSR count). The van der Waals surface area contributed by atoms with Gasteiger partial charge in [-0.15, -0.1) is 0 Å². The molecule has 1 aliphatic heterocycles. The lowest BCUT2D eigenvalue weighted by molar-refractivity contribution is -0.114. The maximum Gasteiger partial charge on any atom is 0.317 e. The number of anilines is 1. The minimum atomic E-state index is -0.0976. The standard InChI is InChI=1S/C22H27N3O3/c1-15-11-16(2)13-19(12-15)28-10-8-23-22(27)25-9-7-20-18(14-25)5-4-6-21(20)24-17(3)26/h4-6,11-13H,7-10,14H2,1-3H3,(H,23,27)(H,24,26). The second kappa shape index (κ2) is 8.78. The molecule has 3 amide bonds. The van der Waals surface area contributed by atoms with Crippen LogP contribution in [0.2, 0.25) is 0 Å². The summed E-state index contributed by atoms with van der Waals surface area (Å²) in [6.07, 6.45) is 0.721. The molecule has 1 heterocycles. The van der Waals surface area contributed by atoms with E-state index in [0.717, 1.165) is 40.1 Å². The number of benzene rings is 2. The molecular weight excluding hydrogens is 354 g/mol. The highest BCUT2D eigenvalue weighted by molar-refractivity contribution is 5.90. The summed E-state index contributed by atoms with van der Waals surface area (Å²) in [5.41, 5.74) is 5.33. The zero-order valence-electron chi connectivity index (χ0n) is 16.7. The summed E-state index contributed by atoms with van der Waals surface area (Å²) in [6, 6.07) is 11.8. The van der Waals surface area contributed by atoms with E-state index in [1.807, 2.05) is 44.2 Å². The van der Waals surface area contributed by atoms with Gasteiger partial charge in [0.05, 0.1) is 6.54 Å². The topological polar surface area (TPSA) is 70.7 Å². The van der Waals surface area contributed by atoms with Crippen LogP contribution in [-0.4, -0.2) is 36.5 Å². The van der Waals surface area contributed by atoms with Crippen molar-refractivity contribution in [3.8, 4) is 5.75 Å². The lowest BCUT2D eigenvalue weighted by atomic mass is 9.98. The minimum absolute atomic E-state index is 0.0858. The maximum atomic E-state index is 12.5. The van der Waals surface area contributed by atoms with Crippen LogP contribution in [-0.2, 0) is 17.8 Å². The molecular formula is C22H27N3O3. The van der Waals surface area contributed by atoms with Crippen molar-refractivity contribution in [3.63, 3.8) is 0 Å². The van der Waals surface area contributed by atoms with Gasteiger partial charge in [-0.3, -0.25) is 4.79 Å². The molecule has 0 spiro atoms. The van der Waals surface area contributed by atoms with Crippen LogP contribution in [0.3, 0.4) is 0 Å². The van der Waals surface area contributed by atoms with Gasteiger partial charge in [-0.05, 0) is 60.7 Å². The Morgan fingerprint density at radius 1 is 1.14 bits per heavy atom. The summed E-state index contributed by atoms with van der Waals surface area (Å²) >= 11 is 0. The third-order valence-corrected chi connectivity index (χ3v) is 4.71. The van der Waals surface area contributed by atoms with Crippen LogP contribution in [0.15, 0.2) is 36.4 Å². The molecule has 2 aromatic rings. The monoisotopic (exact) mass is 381 g/mol. The van der Waals surface area contributed by atoms with Crippen molar-refractivity contribution in [1.82, 2.24) is 10.2 Å². The fraction of sp³-hybridized carbons (Fsp3) is 0.364. The molecule has 0 aromatic heterocycles. The van der Waals surface area contributed by atoms with E-state index in [-0.39, 0.29) is 11.9 Å². The highest BCUT2D eigenvalue weighted by Gasteiger charge is 2.22. The van der Waals surface area contributed by atoms with Crippen molar-refractivity contribution in [1.29, 1.82) is 0 Å². The number of nitrogens with zero attached hydrogens (tertiary/aromatic N) is 1. The molecule has 0 radical (unpaired) electrons. The van der Waals surface area contributed by atoms with E-state index in [2.05, 4.69) is 16.7 Å². The van der Waals surface area contributed by atoms with E-state index in [1.165, 1.54) is 6.92 Å². The lowest BCUT2D eigenvalue weighted by Crippen LogP contribution is -2.44. The number of hydrogen-bond donors (Lipinski definition) is 2. The summed E-state index contributed by atoms with van der Waals surface area (Å²) in [5, 5.41) is 5.79. The number of fused-ring (bicyclic) bond motifs is 1. The summed E-state index contributed by atoms with van der Waals surface area (Å²) in [6.45, 7) is 7.59. The number of ether oxygens (including phenoxy) is 1. The molecule has 1 aliphatic rings. The molecule has 6 nitrogen and oxygen atoms in total. The molecule has 0 aliphatic carbocycles. The van der Waals surface area contributed by atoms with Crippen molar-refractivity contribution < 1.29 is 14.3 Å². The average Bonchev–Trinajstić information content (AvgIpc) is 2.63. The Bertz CT molecular complexity index is 859. The van der Waals surface area contributed by atoms with Crippen LogP contribution >= 0.6 is 0 Å². The molecule has 6 heteroatoms. The maximum absolute atomic E-state index is 12.5. The number of amides is 3. The lowest BCUT2D eigenvalue weighted by Gasteiger charge is -2.30. The van der Waals surface area contributed by atoms with Crippen molar-refractivity contribution in [2.45, 2.75) is 33.7 Å². The summed E-state index contributed by atoms with van der Waals surface area (Å²) in [4.78, 5) is 25.6. The van der Waals surface area contributed by atoms with Gasteiger partial charge in [-0.1, -0.05) is 18.2 Å². The predicted octanol–water partition coefficient (Wildman–Crippen LogP) is 3.41. The largest absolute Gasteiger partial charge is 0.492 e. The summed E-state index contributed by atoms with van der Waals surface area (Å²) in [7, 11) is 0. The molecule has 2 N–H and O–H groups in total. The van der Waals surface area contributed by atoms with Crippen molar-refractivity contribution in [3.05, 3.63) is 58.7 Å². The van der Waals surface area contributed by atoms with Crippen LogP contribution in [0.5, 0.6) is 5.75 Å². The van der Waals surface area contributed by atoms with Gasteiger partial charge in [-0.2, -0.15) is 0 Å². The number of urea groups is 1. The third-order valence-electron chi connectivity index (χ3n) is 4.71. The number of aryl methyl sites for hydroxylation is 2. The normalized spacial score (nSPS) is 12.9. The Balaban J connectivity index is 1.50. The highest BCUT2D eigenvalue weighted by atomic mass is 16.5. The van der Waals surface area contributed by atoms with Crippen LogP contribution in [0, 0.1) is 13.8 Å². The van der Waals surface area contributed by atoms with Crippen LogP contribution in [0.4, 0.5) is 10.5 Å². The van der Waals surface area contributed by atoms with E-state index in [4.69, 9.17) is 4.74 Å². The predicted molar refractivity (Wildman–Crippen MR) is 110 cm³/mol.